The van der Waals surface area contributed by atoms with Crippen LogP contribution in [-0.2, 0) is 9.59 Å². The standard InChI is InChI=1S/C9H12N2O3S3/c1-8(2)3(4(12)13)11-5(14)9(10,7(15)16)6(11)17-8/h3,6H,10H2,1-2H3,(H,12,13)(H,15,16)/t3-,6+,9-/m0/s1. The first-order valence-corrected chi connectivity index (χ1v) is 6.63. The number of thioether (sulfide) groups is 1. The number of β-lactam (4-membered cyclic amide) rings is 1. The molecule has 0 saturated carbocycles. The van der Waals surface area contributed by atoms with Gasteiger partial charge >= 0.3 is 5.97 Å². The molecule has 1 amide bonds. The van der Waals surface area contributed by atoms with Crippen molar-refractivity contribution in [3.8, 4) is 0 Å². The van der Waals surface area contributed by atoms with Gasteiger partial charge in [-0.3, -0.25) is 4.79 Å². The topological polar surface area (TPSA) is 83.6 Å². The Morgan fingerprint density at radius 1 is 1.65 bits per heavy atom. The summed E-state index contributed by atoms with van der Waals surface area (Å²) >= 11 is 10.2. The van der Waals surface area contributed by atoms with Crippen LogP contribution in [-0.4, -0.2) is 47.8 Å². The Hall–Kier alpha value is -0.310. The number of rotatable bonds is 2. The molecule has 3 atom stereocenters. The summed E-state index contributed by atoms with van der Waals surface area (Å²) in [7, 11) is 0. The van der Waals surface area contributed by atoms with Gasteiger partial charge in [-0.05, 0) is 13.8 Å². The third-order valence-electron chi connectivity index (χ3n) is 3.17. The second-order valence-corrected chi connectivity index (χ2v) is 7.59. The van der Waals surface area contributed by atoms with Crippen LogP contribution in [0.3, 0.4) is 0 Å². The van der Waals surface area contributed by atoms with Gasteiger partial charge in [0.05, 0.1) is 4.20 Å². The molecule has 0 unspecified atom stereocenters. The van der Waals surface area contributed by atoms with Crippen LogP contribution in [0.4, 0.5) is 0 Å². The molecule has 2 saturated heterocycles. The van der Waals surface area contributed by atoms with E-state index in [2.05, 4.69) is 12.6 Å². The number of carboxylic acids is 1. The maximum atomic E-state index is 12.0. The van der Waals surface area contributed by atoms with Crippen LogP contribution in [0.5, 0.6) is 0 Å². The number of fused-ring (bicyclic) bond motifs is 1. The van der Waals surface area contributed by atoms with Gasteiger partial charge in [0, 0.05) is 4.75 Å². The average molecular weight is 292 g/mol. The maximum Gasteiger partial charge on any atom is 0.327 e. The number of hydrogen-bond acceptors (Lipinski definition) is 5. The number of nitrogens with zero attached hydrogens (tertiary/aromatic N) is 1. The molecule has 8 heteroatoms. The fourth-order valence-electron chi connectivity index (χ4n) is 2.28. The number of thiocarbonyl (C=S) groups is 1. The van der Waals surface area contributed by atoms with Crippen LogP contribution < -0.4 is 5.73 Å². The Morgan fingerprint density at radius 3 is 2.59 bits per heavy atom. The molecule has 0 aliphatic carbocycles. The Labute approximate surface area is 114 Å². The van der Waals surface area contributed by atoms with Gasteiger partial charge in [-0.2, -0.15) is 0 Å². The van der Waals surface area contributed by atoms with Gasteiger partial charge in [-0.15, -0.1) is 24.4 Å². The highest BCUT2D eigenvalue weighted by atomic mass is 32.2. The first kappa shape index (κ1) is 13.1. The summed E-state index contributed by atoms with van der Waals surface area (Å²) in [5.41, 5.74) is 4.62. The van der Waals surface area contributed by atoms with E-state index in [-0.39, 0.29) is 4.20 Å². The summed E-state index contributed by atoms with van der Waals surface area (Å²) in [4.78, 5) is 24.5. The number of aliphatic carboxylic acids is 1. The Morgan fingerprint density at radius 2 is 2.18 bits per heavy atom. The molecule has 0 radical (unpaired) electrons. The second-order valence-electron chi connectivity index (χ2n) is 4.70. The molecule has 3 N–H and O–H groups in total. The van der Waals surface area contributed by atoms with E-state index in [0.29, 0.717) is 0 Å². The smallest absolute Gasteiger partial charge is 0.327 e. The highest BCUT2D eigenvalue weighted by Crippen LogP contribution is 2.54. The summed E-state index contributed by atoms with van der Waals surface area (Å²) in [6, 6.07) is -0.871. The first-order valence-electron chi connectivity index (χ1n) is 4.89. The van der Waals surface area contributed by atoms with E-state index in [1.165, 1.54) is 16.7 Å². The number of amides is 1. The van der Waals surface area contributed by atoms with Gasteiger partial charge in [-0.25, -0.2) is 4.79 Å². The lowest BCUT2D eigenvalue weighted by molar-refractivity contribution is -0.161. The zero-order valence-corrected chi connectivity index (χ0v) is 11.7. The average Bonchev–Trinajstić information content (AvgIpc) is 2.46. The van der Waals surface area contributed by atoms with E-state index in [4.69, 9.17) is 18.0 Å². The van der Waals surface area contributed by atoms with Crippen molar-refractivity contribution in [3.63, 3.8) is 0 Å². The van der Waals surface area contributed by atoms with Crippen molar-refractivity contribution in [2.24, 2.45) is 5.73 Å². The molecule has 2 rings (SSSR count). The Bertz CT molecular complexity index is 439. The third-order valence-corrected chi connectivity index (χ3v) is 5.53. The van der Waals surface area contributed by atoms with E-state index in [0.717, 1.165) is 0 Å². The largest absolute Gasteiger partial charge is 0.480 e. The summed E-state index contributed by atoms with van der Waals surface area (Å²) in [6.45, 7) is 3.56. The molecule has 2 heterocycles. The van der Waals surface area contributed by atoms with Crippen LogP contribution in [0.15, 0.2) is 0 Å². The zero-order valence-electron chi connectivity index (χ0n) is 9.21. The van der Waals surface area contributed by atoms with Gasteiger partial charge in [0.1, 0.15) is 11.4 Å². The molecule has 0 aromatic heterocycles. The molecular weight excluding hydrogens is 280 g/mol. The van der Waals surface area contributed by atoms with Crippen molar-refractivity contribution < 1.29 is 14.7 Å². The number of carbonyl (C=O) groups is 2. The number of hydrogen-bond donors (Lipinski definition) is 3. The minimum absolute atomic E-state index is 0.109. The highest BCUT2D eigenvalue weighted by Gasteiger charge is 2.71. The normalized spacial score (nSPS) is 38.6. The minimum Gasteiger partial charge on any atom is -0.480 e. The van der Waals surface area contributed by atoms with Gasteiger partial charge < -0.3 is 15.7 Å². The van der Waals surface area contributed by atoms with Gasteiger partial charge in [-0.1, -0.05) is 12.2 Å². The Kier molecular flexibility index (Phi) is 2.78. The first-order chi connectivity index (χ1) is 7.64. The maximum absolute atomic E-state index is 12.0. The molecule has 0 aromatic carbocycles. The monoisotopic (exact) mass is 292 g/mol. The molecule has 94 valence electrons. The van der Waals surface area contributed by atoms with Crippen LogP contribution in [0.2, 0.25) is 0 Å². The van der Waals surface area contributed by atoms with E-state index in [9.17, 15) is 14.7 Å². The number of thiol groups is 1. The second kappa shape index (κ2) is 3.59. The lowest BCUT2D eigenvalue weighted by Crippen LogP contribution is -2.79. The van der Waals surface area contributed by atoms with Gasteiger partial charge in [0.25, 0.3) is 5.91 Å². The lowest BCUT2D eigenvalue weighted by atomic mass is 9.87. The minimum atomic E-state index is -1.31. The molecular formula is C9H12N2O3S3. The van der Waals surface area contributed by atoms with Gasteiger partial charge in [0.15, 0.2) is 5.54 Å². The summed E-state index contributed by atoms with van der Waals surface area (Å²) in [5, 5.41) is 8.76. The van der Waals surface area contributed by atoms with E-state index < -0.39 is 33.6 Å². The van der Waals surface area contributed by atoms with Crippen molar-refractivity contribution in [1.29, 1.82) is 0 Å². The van der Waals surface area contributed by atoms with Crippen molar-refractivity contribution in [2.75, 3.05) is 0 Å². The van der Waals surface area contributed by atoms with E-state index in [1.807, 2.05) is 0 Å². The SMILES string of the molecule is CC1(C)S[C@H]2N(C(=O)[C@@]2(N)C(=S)S)[C@H]1C(=O)O. The van der Waals surface area contributed by atoms with Crippen LogP contribution in [0.1, 0.15) is 13.8 Å². The molecule has 5 nitrogen and oxygen atoms in total. The molecule has 0 bridgehead atoms. The van der Waals surface area contributed by atoms with E-state index >= 15 is 0 Å². The van der Waals surface area contributed by atoms with Crippen molar-refractivity contribution in [3.05, 3.63) is 0 Å². The van der Waals surface area contributed by atoms with Crippen molar-refractivity contribution in [1.82, 2.24) is 4.90 Å². The number of nitrogens with two attached hydrogens (primary N) is 1. The van der Waals surface area contributed by atoms with Gasteiger partial charge in [0.2, 0.25) is 0 Å². The van der Waals surface area contributed by atoms with Crippen LogP contribution in [0, 0.1) is 0 Å². The predicted molar refractivity (Wildman–Crippen MR) is 72.2 cm³/mol. The fourth-order valence-corrected chi connectivity index (χ4v) is 4.52. The lowest BCUT2D eigenvalue weighted by Gasteiger charge is -2.50. The number of carbonyl (C=O) groups excluding carboxylic acids is 1. The molecule has 0 spiro atoms. The molecule has 0 aromatic rings. The predicted octanol–water partition coefficient (Wildman–Crippen LogP) is 0.0880. The summed E-state index contributed by atoms with van der Waals surface area (Å²) < 4.78 is -0.482. The Balaban J connectivity index is 2.41. The van der Waals surface area contributed by atoms with E-state index in [1.54, 1.807) is 13.8 Å². The molecule has 2 aliphatic rings. The highest BCUT2D eigenvalue weighted by molar-refractivity contribution is 8.12. The zero-order chi connectivity index (χ0) is 13.2. The molecule has 2 aliphatic heterocycles. The quantitative estimate of drug-likeness (QED) is 0.380. The fraction of sp³-hybridized carbons (Fsp3) is 0.667. The van der Waals surface area contributed by atoms with Crippen LogP contribution >= 0.6 is 36.6 Å². The molecule has 2 fully saturated rings. The molecule has 17 heavy (non-hydrogen) atoms. The summed E-state index contributed by atoms with van der Waals surface area (Å²) in [6.07, 6.45) is 0. The van der Waals surface area contributed by atoms with Crippen molar-refractivity contribution >= 4 is 52.7 Å². The summed E-state index contributed by atoms with van der Waals surface area (Å²) in [5.74, 6) is -1.47. The third kappa shape index (κ3) is 1.47. The number of carboxylic acid groups (broad SMARTS) is 1. The van der Waals surface area contributed by atoms with Crippen molar-refractivity contribution in [2.45, 2.75) is 35.5 Å². The van der Waals surface area contributed by atoms with Crippen LogP contribution in [0.25, 0.3) is 0 Å².